The first-order chi connectivity index (χ1) is 9.65. The highest BCUT2D eigenvalue weighted by Crippen LogP contribution is 2.21. The lowest BCUT2D eigenvalue weighted by molar-refractivity contribution is 0.0990. The summed E-state index contributed by atoms with van der Waals surface area (Å²) in [4.78, 5) is 22.3. The molecule has 0 spiro atoms. The number of nitrogens with zero attached hydrogens (tertiary/aromatic N) is 2. The van der Waals surface area contributed by atoms with Crippen LogP contribution < -0.4 is 0 Å². The number of fused-ring (bicyclic) bond motifs is 1. The fraction of sp³-hybridized carbons (Fsp3) is 0.188. The SMILES string of the molecule is Cc1nc(CC(=O)c2nccc3ccccc23)sc1C. The van der Waals surface area contributed by atoms with Gasteiger partial charge in [-0.15, -0.1) is 11.3 Å². The molecule has 0 unspecified atom stereocenters. The Morgan fingerprint density at radius 1 is 1.20 bits per heavy atom. The molecular weight excluding hydrogens is 268 g/mol. The maximum Gasteiger partial charge on any atom is 0.188 e. The molecule has 0 fully saturated rings. The fourth-order valence-corrected chi connectivity index (χ4v) is 3.11. The number of aromatic nitrogens is 2. The van der Waals surface area contributed by atoms with E-state index in [1.165, 1.54) is 4.88 Å². The van der Waals surface area contributed by atoms with Crippen molar-refractivity contribution in [3.8, 4) is 0 Å². The number of benzene rings is 1. The van der Waals surface area contributed by atoms with Gasteiger partial charge in [0.2, 0.25) is 0 Å². The van der Waals surface area contributed by atoms with E-state index in [-0.39, 0.29) is 5.78 Å². The zero-order chi connectivity index (χ0) is 14.1. The van der Waals surface area contributed by atoms with Gasteiger partial charge in [0.1, 0.15) is 10.7 Å². The van der Waals surface area contributed by atoms with Crippen molar-refractivity contribution in [3.63, 3.8) is 0 Å². The van der Waals surface area contributed by atoms with Crippen LogP contribution in [0.5, 0.6) is 0 Å². The molecular formula is C16H14N2OS. The number of carbonyl (C=O) groups is 1. The molecule has 1 aromatic carbocycles. The standard InChI is InChI=1S/C16H14N2OS/c1-10-11(2)20-15(18-10)9-14(19)16-13-6-4-3-5-12(13)7-8-17-16/h3-8H,9H2,1-2H3. The third kappa shape index (κ3) is 2.34. The topological polar surface area (TPSA) is 42.9 Å². The second-order valence-electron chi connectivity index (χ2n) is 4.73. The molecule has 3 aromatic rings. The van der Waals surface area contributed by atoms with Crippen molar-refractivity contribution in [3.05, 3.63) is 57.8 Å². The first kappa shape index (κ1) is 12.9. The van der Waals surface area contributed by atoms with Crippen LogP contribution in [0.25, 0.3) is 10.8 Å². The summed E-state index contributed by atoms with van der Waals surface area (Å²) < 4.78 is 0. The number of Topliss-reactive ketones (excluding diaryl/α,β-unsaturated/α-hetero) is 1. The highest BCUT2D eigenvalue weighted by Gasteiger charge is 2.14. The molecule has 0 saturated carbocycles. The van der Waals surface area contributed by atoms with Crippen molar-refractivity contribution in [2.75, 3.05) is 0 Å². The van der Waals surface area contributed by atoms with Gasteiger partial charge in [-0.2, -0.15) is 0 Å². The van der Waals surface area contributed by atoms with Crippen LogP contribution in [0.3, 0.4) is 0 Å². The summed E-state index contributed by atoms with van der Waals surface area (Å²) in [6, 6.07) is 9.74. The quantitative estimate of drug-likeness (QED) is 0.687. The van der Waals surface area contributed by atoms with Crippen LogP contribution in [-0.4, -0.2) is 15.8 Å². The summed E-state index contributed by atoms with van der Waals surface area (Å²) in [7, 11) is 0. The van der Waals surface area contributed by atoms with E-state index in [2.05, 4.69) is 9.97 Å². The van der Waals surface area contributed by atoms with Crippen LogP contribution in [0, 0.1) is 13.8 Å². The van der Waals surface area contributed by atoms with E-state index in [4.69, 9.17) is 0 Å². The zero-order valence-corrected chi connectivity index (χ0v) is 12.2. The Kier molecular flexibility index (Phi) is 3.32. The maximum atomic E-state index is 12.5. The van der Waals surface area contributed by atoms with Crippen LogP contribution in [0.15, 0.2) is 36.5 Å². The minimum atomic E-state index is 0.0237. The minimum Gasteiger partial charge on any atom is -0.292 e. The number of hydrogen-bond donors (Lipinski definition) is 0. The molecule has 2 heterocycles. The average molecular weight is 282 g/mol. The van der Waals surface area contributed by atoms with E-state index in [9.17, 15) is 4.79 Å². The van der Waals surface area contributed by atoms with Gasteiger partial charge in [0.15, 0.2) is 5.78 Å². The van der Waals surface area contributed by atoms with E-state index in [1.54, 1.807) is 17.5 Å². The van der Waals surface area contributed by atoms with E-state index < -0.39 is 0 Å². The zero-order valence-electron chi connectivity index (χ0n) is 11.4. The Hall–Kier alpha value is -2.07. The summed E-state index contributed by atoms with van der Waals surface area (Å²) in [6.45, 7) is 3.99. The van der Waals surface area contributed by atoms with Crippen molar-refractivity contribution in [1.82, 2.24) is 9.97 Å². The summed E-state index contributed by atoms with van der Waals surface area (Å²) in [6.07, 6.45) is 2.01. The Bertz CT molecular complexity index is 767. The number of carbonyl (C=O) groups excluding carboxylic acids is 1. The van der Waals surface area contributed by atoms with Crippen molar-refractivity contribution in [2.45, 2.75) is 20.3 Å². The van der Waals surface area contributed by atoms with Crippen LogP contribution in [0.2, 0.25) is 0 Å². The van der Waals surface area contributed by atoms with Gasteiger partial charge in [-0.3, -0.25) is 9.78 Å². The van der Waals surface area contributed by atoms with Gasteiger partial charge in [-0.05, 0) is 25.3 Å². The molecule has 4 heteroatoms. The van der Waals surface area contributed by atoms with Crippen LogP contribution in [0.1, 0.15) is 26.1 Å². The Morgan fingerprint density at radius 2 is 2.00 bits per heavy atom. The molecule has 0 radical (unpaired) electrons. The van der Waals surface area contributed by atoms with Crippen LogP contribution in [0.4, 0.5) is 0 Å². The second-order valence-corrected chi connectivity index (χ2v) is 6.02. The molecule has 0 amide bonds. The molecule has 0 aliphatic rings. The highest BCUT2D eigenvalue weighted by molar-refractivity contribution is 7.11. The number of thiazole rings is 1. The summed E-state index contributed by atoms with van der Waals surface area (Å²) in [5.41, 5.74) is 1.54. The fourth-order valence-electron chi connectivity index (χ4n) is 2.18. The predicted octanol–water partition coefficient (Wildman–Crippen LogP) is 3.73. The van der Waals surface area contributed by atoms with Gasteiger partial charge in [0.05, 0.1) is 12.1 Å². The molecule has 0 atom stereocenters. The Balaban J connectivity index is 1.96. The van der Waals surface area contributed by atoms with Gasteiger partial charge in [-0.25, -0.2) is 4.98 Å². The van der Waals surface area contributed by atoms with Crippen LogP contribution >= 0.6 is 11.3 Å². The summed E-state index contributed by atoms with van der Waals surface area (Å²) in [5, 5.41) is 2.81. The van der Waals surface area contributed by atoms with Crippen LogP contribution in [-0.2, 0) is 6.42 Å². The normalized spacial score (nSPS) is 10.9. The van der Waals surface area contributed by atoms with Gasteiger partial charge in [0.25, 0.3) is 0 Å². The van der Waals surface area contributed by atoms with Gasteiger partial charge < -0.3 is 0 Å². The van der Waals surface area contributed by atoms with E-state index in [0.717, 1.165) is 21.5 Å². The second kappa shape index (κ2) is 5.13. The molecule has 0 aliphatic carbocycles. The number of aryl methyl sites for hydroxylation is 2. The molecule has 0 aliphatic heterocycles. The molecule has 0 bridgehead atoms. The third-order valence-corrected chi connectivity index (χ3v) is 4.40. The number of hydrogen-bond acceptors (Lipinski definition) is 4. The molecule has 0 N–H and O–H groups in total. The number of pyridine rings is 1. The molecule has 0 saturated heterocycles. The molecule has 2 aromatic heterocycles. The Labute approximate surface area is 121 Å². The lowest BCUT2D eigenvalue weighted by Crippen LogP contribution is -2.06. The summed E-state index contributed by atoms with van der Waals surface area (Å²) in [5.74, 6) is 0.0237. The monoisotopic (exact) mass is 282 g/mol. The summed E-state index contributed by atoms with van der Waals surface area (Å²) >= 11 is 1.58. The molecule has 3 nitrogen and oxygen atoms in total. The smallest absolute Gasteiger partial charge is 0.188 e. The van der Waals surface area contributed by atoms with Gasteiger partial charge in [-0.1, -0.05) is 24.3 Å². The van der Waals surface area contributed by atoms with Crippen molar-refractivity contribution in [2.24, 2.45) is 0 Å². The van der Waals surface area contributed by atoms with E-state index in [0.29, 0.717) is 12.1 Å². The van der Waals surface area contributed by atoms with E-state index in [1.807, 2.05) is 44.2 Å². The largest absolute Gasteiger partial charge is 0.292 e. The predicted molar refractivity (Wildman–Crippen MR) is 81.4 cm³/mol. The maximum absolute atomic E-state index is 12.5. The van der Waals surface area contributed by atoms with Crippen molar-refractivity contribution < 1.29 is 4.79 Å². The number of ketones is 1. The third-order valence-electron chi connectivity index (χ3n) is 3.32. The van der Waals surface area contributed by atoms with Crippen molar-refractivity contribution >= 4 is 27.9 Å². The van der Waals surface area contributed by atoms with Crippen molar-refractivity contribution in [1.29, 1.82) is 0 Å². The minimum absolute atomic E-state index is 0.0237. The lowest BCUT2D eigenvalue weighted by atomic mass is 10.1. The van der Waals surface area contributed by atoms with E-state index >= 15 is 0 Å². The highest BCUT2D eigenvalue weighted by atomic mass is 32.1. The Morgan fingerprint density at radius 3 is 2.75 bits per heavy atom. The lowest BCUT2D eigenvalue weighted by Gasteiger charge is -2.03. The average Bonchev–Trinajstić information content (AvgIpc) is 2.76. The molecule has 3 rings (SSSR count). The first-order valence-corrected chi connectivity index (χ1v) is 7.26. The van der Waals surface area contributed by atoms with Gasteiger partial charge in [0, 0.05) is 16.5 Å². The first-order valence-electron chi connectivity index (χ1n) is 6.45. The van der Waals surface area contributed by atoms with Gasteiger partial charge >= 0.3 is 0 Å². The molecule has 20 heavy (non-hydrogen) atoms. The molecule has 100 valence electrons. The number of rotatable bonds is 3.